The quantitative estimate of drug-likeness (QED) is 0.654. The Morgan fingerprint density at radius 1 is 1.26 bits per heavy atom. The molecule has 3 nitrogen and oxygen atoms in total. The summed E-state index contributed by atoms with van der Waals surface area (Å²) in [5.74, 6) is -0.306. The number of benzene rings is 1. The van der Waals surface area contributed by atoms with Crippen molar-refractivity contribution in [3.63, 3.8) is 0 Å². The largest absolute Gasteiger partial charge is 0.384 e. The van der Waals surface area contributed by atoms with Crippen LogP contribution in [-0.2, 0) is 0 Å². The molecule has 0 aliphatic rings. The Bertz CT molecular complexity index is 647. The van der Waals surface area contributed by atoms with Crippen LogP contribution < -0.4 is 5.73 Å². The molecule has 4 heteroatoms. The topological polar surface area (TPSA) is 62.8 Å². The summed E-state index contributed by atoms with van der Waals surface area (Å²) < 4.78 is 13.7. The van der Waals surface area contributed by atoms with E-state index in [2.05, 4.69) is 4.98 Å². The van der Waals surface area contributed by atoms with Crippen LogP contribution in [0.25, 0.3) is 11.6 Å². The number of allylic oxidation sites excluding steroid dienone is 1. The van der Waals surface area contributed by atoms with Gasteiger partial charge < -0.3 is 5.73 Å². The smallest absolute Gasteiger partial charge is 0.130 e. The highest BCUT2D eigenvalue weighted by Gasteiger charge is 2.06. The molecule has 0 radical (unpaired) electrons. The molecule has 96 valence electrons. The second-order valence-corrected chi connectivity index (χ2v) is 4.18. The number of hydrogen-bond donors (Lipinski definition) is 2. The molecule has 2 rings (SSSR count). The molecule has 0 atom stereocenters. The summed E-state index contributed by atoms with van der Waals surface area (Å²) in [7, 11) is 0. The van der Waals surface area contributed by atoms with Crippen LogP contribution >= 0.6 is 0 Å². The molecule has 0 spiro atoms. The molecule has 1 aromatic carbocycles. The maximum atomic E-state index is 13.7. The van der Waals surface area contributed by atoms with Crippen LogP contribution in [0, 0.1) is 11.2 Å². The molecule has 0 amide bonds. The third-order valence-electron chi connectivity index (χ3n) is 2.81. The summed E-state index contributed by atoms with van der Waals surface area (Å²) in [6, 6.07) is 8.23. The fourth-order valence-corrected chi connectivity index (χ4v) is 1.86. The summed E-state index contributed by atoms with van der Waals surface area (Å²) in [5, 5.41) is 7.51. The SMILES string of the molecule is CC(=Cc1cnccc1C(=N)N)c1ccccc1F. The molecule has 3 N–H and O–H groups in total. The molecule has 1 aromatic heterocycles. The highest BCUT2D eigenvalue weighted by molar-refractivity contribution is 5.99. The van der Waals surface area contributed by atoms with Crippen LogP contribution in [0.5, 0.6) is 0 Å². The van der Waals surface area contributed by atoms with E-state index in [1.165, 1.54) is 6.07 Å². The number of nitrogens with one attached hydrogen (secondary N) is 1. The lowest BCUT2D eigenvalue weighted by molar-refractivity contribution is 0.624. The Hall–Kier alpha value is -2.49. The Labute approximate surface area is 111 Å². The van der Waals surface area contributed by atoms with Crippen molar-refractivity contribution < 1.29 is 4.39 Å². The number of aromatic nitrogens is 1. The van der Waals surface area contributed by atoms with Gasteiger partial charge in [0, 0.05) is 29.1 Å². The van der Waals surface area contributed by atoms with Crippen molar-refractivity contribution in [3.8, 4) is 0 Å². The van der Waals surface area contributed by atoms with Crippen LogP contribution in [0.3, 0.4) is 0 Å². The number of pyridine rings is 1. The zero-order valence-corrected chi connectivity index (χ0v) is 10.5. The number of nitrogens with zero attached hydrogens (tertiary/aromatic N) is 1. The lowest BCUT2D eigenvalue weighted by atomic mass is 10.0. The van der Waals surface area contributed by atoms with Gasteiger partial charge in [0.15, 0.2) is 0 Å². The summed E-state index contributed by atoms with van der Waals surface area (Å²) >= 11 is 0. The normalized spacial score (nSPS) is 11.4. The first kappa shape index (κ1) is 13.0. The molecule has 0 bridgehead atoms. The third-order valence-corrected chi connectivity index (χ3v) is 2.81. The first-order valence-electron chi connectivity index (χ1n) is 5.81. The van der Waals surface area contributed by atoms with Crippen LogP contribution in [0.15, 0.2) is 42.7 Å². The molecule has 19 heavy (non-hydrogen) atoms. The summed E-state index contributed by atoms with van der Waals surface area (Å²) in [6.07, 6.45) is 4.97. The van der Waals surface area contributed by atoms with Gasteiger partial charge >= 0.3 is 0 Å². The van der Waals surface area contributed by atoms with E-state index in [0.717, 1.165) is 5.57 Å². The molecule has 2 aromatic rings. The Kier molecular flexibility index (Phi) is 3.71. The van der Waals surface area contributed by atoms with Gasteiger partial charge in [-0.15, -0.1) is 0 Å². The van der Waals surface area contributed by atoms with E-state index in [9.17, 15) is 4.39 Å². The van der Waals surface area contributed by atoms with E-state index in [1.807, 2.05) is 6.92 Å². The zero-order chi connectivity index (χ0) is 13.8. The average Bonchev–Trinajstić information content (AvgIpc) is 2.39. The fourth-order valence-electron chi connectivity index (χ4n) is 1.86. The number of hydrogen-bond acceptors (Lipinski definition) is 2. The Morgan fingerprint density at radius 3 is 2.68 bits per heavy atom. The maximum absolute atomic E-state index is 13.7. The predicted molar refractivity (Wildman–Crippen MR) is 75.2 cm³/mol. The minimum atomic E-state index is -0.274. The van der Waals surface area contributed by atoms with E-state index in [-0.39, 0.29) is 11.7 Å². The molecule has 1 heterocycles. The van der Waals surface area contributed by atoms with E-state index >= 15 is 0 Å². The molecule has 0 unspecified atom stereocenters. The monoisotopic (exact) mass is 255 g/mol. The van der Waals surface area contributed by atoms with Crippen molar-refractivity contribution in [2.24, 2.45) is 5.73 Å². The van der Waals surface area contributed by atoms with Crippen LogP contribution in [-0.4, -0.2) is 10.8 Å². The second-order valence-electron chi connectivity index (χ2n) is 4.18. The molecule has 0 saturated carbocycles. The van der Waals surface area contributed by atoms with Crippen molar-refractivity contribution in [1.29, 1.82) is 5.41 Å². The van der Waals surface area contributed by atoms with Crippen molar-refractivity contribution in [2.75, 3.05) is 0 Å². The number of amidine groups is 1. The lowest BCUT2D eigenvalue weighted by Crippen LogP contribution is -2.12. The third kappa shape index (κ3) is 2.85. The second kappa shape index (κ2) is 5.44. The Balaban J connectivity index is 2.47. The molecule has 0 aliphatic carbocycles. The van der Waals surface area contributed by atoms with Crippen molar-refractivity contribution >= 4 is 17.5 Å². The van der Waals surface area contributed by atoms with Gasteiger partial charge in [0.2, 0.25) is 0 Å². The molecule has 0 saturated heterocycles. The Morgan fingerprint density at radius 2 is 2.00 bits per heavy atom. The first-order chi connectivity index (χ1) is 9.09. The van der Waals surface area contributed by atoms with Gasteiger partial charge in [-0.25, -0.2) is 4.39 Å². The fraction of sp³-hybridized carbons (Fsp3) is 0.0667. The van der Waals surface area contributed by atoms with Gasteiger partial charge in [-0.1, -0.05) is 18.2 Å². The minimum Gasteiger partial charge on any atom is -0.384 e. The zero-order valence-electron chi connectivity index (χ0n) is 10.5. The minimum absolute atomic E-state index is 0.0324. The van der Waals surface area contributed by atoms with E-state index in [4.69, 9.17) is 11.1 Å². The van der Waals surface area contributed by atoms with Gasteiger partial charge in [0.25, 0.3) is 0 Å². The van der Waals surface area contributed by atoms with Crippen molar-refractivity contribution in [2.45, 2.75) is 6.92 Å². The van der Waals surface area contributed by atoms with Crippen LogP contribution in [0.2, 0.25) is 0 Å². The van der Waals surface area contributed by atoms with E-state index in [1.54, 1.807) is 42.7 Å². The van der Waals surface area contributed by atoms with E-state index < -0.39 is 0 Å². The number of nitrogens with two attached hydrogens (primary N) is 1. The predicted octanol–water partition coefficient (Wildman–Crippen LogP) is 3.07. The van der Waals surface area contributed by atoms with Crippen LogP contribution in [0.4, 0.5) is 4.39 Å². The first-order valence-corrected chi connectivity index (χ1v) is 5.81. The van der Waals surface area contributed by atoms with E-state index in [0.29, 0.717) is 16.7 Å². The van der Waals surface area contributed by atoms with Crippen LogP contribution in [0.1, 0.15) is 23.6 Å². The summed E-state index contributed by atoms with van der Waals surface area (Å²) in [4.78, 5) is 4.01. The highest BCUT2D eigenvalue weighted by Crippen LogP contribution is 2.21. The lowest BCUT2D eigenvalue weighted by Gasteiger charge is -2.06. The van der Waals surface area contributed by atoms with Crippen molar-refractivity contribution in [3.05, 3.63) is 65.2 Å². The molecule has 0 aliphatic heterocycles. The standard InChI is InChI=1S/C15H14FN3/c1-10(12-4-2-3-5-14(12)16)8-11-9-19-7-6-13(11)15(17)18/h2-9H,1H3,(H3,17,18). The van der Waals surface area contributed by atoms with Crippen molar-refractivity contribution in [1.82, 2.24) is 4.98 Å². The van der Waals surface area contributed by atoms with Gasteiger partial charge in [-0.3, -0.25) is 10.4 Å². The summed E-state index contributed by atoms with van der Waals surface area (Å²) in [5.41, 5.74) is 8.09. The number of rotatable bonds is 3. The van der Waals surface area contributed by atoms with Gasteiger partial charge in [0.1, 0.15) is 11.7 Å². The summed E-state index contributed by atoms with van der Waals surface area (Å²) in [6.45, 7) is 1.81. The number of nitrogen functional groups attached to an aromatic ring is 1. The maximum Gasteiger partial charge on any atom is 0.130 e. The molecular formula is C15H14FN3. The van der Waals surface area contributed by atoms with Gasteiger partial charge in [-0.05, 0) is 30.7 Å². The van der Waals surface area contributed by atoms with Gasteiger partial charge in [0.05, 0.1) is 0 Å². The number of halogens is 1. The molecule has 0 fully saturated rings. The highest BCUT2D eigenvalue weighted by atomic mass is 19.1. The van der Waals surface area contributed by atoms with Gasteiger partial charge in [-0.2, -0.15) is 0 Å². The molecular weight excluding hydrogens is 241 g/mol. The average molecular weight is 255 g/mol.